The molecule has 0 fully saturated rings. The van der Waals surface area contributed by atoms with E-state index in [1.165, 1.54) is 16.4 Å². The number of ether oxygens (including phenoxy) is 2. The number of hydrogen-bond donors (Lipinski definition) is 2. The minimum absolute atomic E-state index is 0.0899. The van der Waals surface area contributed by atoms with Gasteiger partial charge in [0.25, 0.3) is 15.9 Å². The molecule has 3 aromatic rings. The first-order valence-electron chi connectivity index (χ1n) is 11.5. The summed E-state index contributed by atoms with van der Waals surface area (Å²) in [6, 6.07) is 21.8. The van der Waals surface area contributed by atoms with Crippen molar-refractivity contribution in [2.45, 2.75) is 18.7 Å². The summed E-state index contributed by atoms with van der Waals surface area (Å²) in [5, 5.41) is 5.60. The van der Waals surface area contributed by atoms with E-state index in [1.807, 2.05) is 13.0 Å². The summed E-state index contributed by atoms with van der Waals surface area (Å²) in [6.45, 7) is 5.55. The Bertz CT molecular complexity index is 1250. The lowest BCUT2D eigenvalue weighted by atomic mass is 10.2. The molecule has 3 rings (SSSR count). The van der Waals surface area contributed by atoms with E-state index in [-0.39, 0.29) is 15.9 Å². The molecule has 190 valence electrons. The van der Waals surface area contributed by atoms with Crippen LogP contribution in [-0.4, -0.2) is 45.8 Å². The van der Waals surface area contributed by atoms with Crippen molar-refractivity contribution in [2.24, 2.45) is 0 Å². The molecule has 0 saturated heterocycles. The number of thiocarbonyl (C=S) groups is 1. The maximum atomic E-state index is 13.1. The number of nitrogens with one attached hydrogen (secondary N) is 2. The van der Waals surface area contributed by atoms with Crippen LogP contribution in [0.1, 0.15) is 24.2 Å². The molecule has 0 bridgehead atoms. The number of carbonyl (C=O) groups excluding carboxylic acids is 1. The summed E-state index contributed by atoms with van der Waals surface area (Å²) in [5.41, 5.74) is 1.55. The molecule has 1 amide bonds. The normalized spacial score (nSPS) is 10.9. The highest BCUT2D eigenvalue weighted by atomic mass is 32.2. The Labute approximate surface area is 217 Å². The van der Waals surface area contributed by atoms with E-state index >= 15 is 0 Å². The molecular formula is C26H29N3O5S2. The summed E-state index contributed by atoms with van der Waals surface area (Å²) < 4.78 is 38.3. The molecule has 36 heavy (non-hydrogen) atoms. The highest BCUT2D eigenvalue weighted by molar-refractivity contribution is 7.92. The third-order valence-corrected chi connectivity index (χ3v) is 7.20. The second-order valence-corrected chi connectivity index (χ2v) is 9.78. The number of benzene rings is 3. The Morgan fingerprint density at radius 3 is 2.19 bits per heavy atom. The molecule has 0 spiro atoms. The van der Waals surface area contributed by atoms with E-state index < -0.39 is 10.0 Å². The Hall–Kier alpha value is -3.47. The topological polar surface area (TPSA) is 97.0 Å². The lowest BCUT2D eigenvalue weighted by Crippen LogP contribution is -2.34. The first-order chi connectivity index (χ1) is 17.3. The van der Waals surface area contributed by atoms with E-state index in [0.717, 1.165) is 0 Å². The van der Waals surface area contributed by atoms with Gasteiger partial charge in [0.15, 0.2) is 5.11 Å². The third kappa shape index (κ3) is 7.27. The molecule has 0 aliphatic heterocycles. The minimum atomic E-state index is -3.73. The minimum Gasteiger partial charge on any atom is -0.491 e. The number of sulfonamides is 1. The summed E-state index contributed by atoms with van der Waals surface area (Å²) in [7, 11) is -3.73. The Kier molecular flexibility index (Phi) is 9.80. The maximum Gasteiger partial charge on any atom is 0.264 e. The molecule has 2 N–H and O–H groups in total. The standard InChI is InChI=1S/C26H29N3O5S2/c1-3-29(22-8-6-5-7-9-22)36(31,32)24-16-12-21(13-17-24)27-26(35)28-25(30)20-10-14-23(15-11-20)34-19-18-33-4-2/h5-17H,3-4,18-19H2,1-2H3,(H2,27,28,30,35). The van der Waals surface area contributed by atoms with Gasteiger partial charge in [0.1, 0.15) is 12.4 Å². The smallest absolute Gasteiger partial charge is 0.264 e. The lowest BCUT2D eigenvalue weighted by molar-refractivity contribution is 0.0977. The van der Waals surface area contributed by atoms with Crippen molar-refractivity contribution in [3.8, 4) is 5.75 Å². The molecular weight excluding hydrogens is 498 g/mol. The monoisotopic (exact) mass is 527 g/mol. The highest BCUT2D eigenvalue weighted by Gasteiger charge is 2.23. The number of amides is 1. The Morgan fingerprint density at radius 1 is 0.917 bits per heavy atom. The largest absolute Gasteiger partial charge is 0.491 e. The average Bonchev–Trinajstić information content (AvgIpc) is 2.88. The molecule has 0 unspecified atom stereocenters. The van der Waals surface area contributed by atoms with E-state index in [1.54, 1.807) is 67.6 Å². The van der Waals surface area contributed by atoms with Crippen LogP contribution in [0.4, 0.5) is 11.4 Å². The SMILES string of the molecule is CCOCCOc1ccc(C(=O)NC(=S)Nc2ccc(S(=O)(=O)N(CC)c3ccccc3)cc2)cc1. The fourth-order valence-electron chi connectivity index (χ4n) is 3.33. The molecule has 0 heterocycles. The number of nitrogens with zero attached hydrogens (tertiary/aromatic N) is 1. The van der Waals surface area contributed by atoms with Crippen LogP contribution in [0.25, 0.3) is 0 Å². The molecule has 0 radical (unpaired) electrons. The molecule has 0 saturated carbocycles. The average molecular weight is 528 g/mol. The van der Waals surface area contributed by atoms with Gasteiger partial charge >= 0.3 is 0 Å². The van der Waals surface area contributed by atoms with Crippen LogP contribution >= 0.6 is 12.2 Å². The molecule has 3 aromatic carbocycles. The van der Waals surface area contributed by atoms with Gasteiger partial charge in [0.2, 0.25) is 0 Å². The molecule has 0 aliphatic rings. The van der Waals surface area contributed by atoms with Crippen LogP contribution in [-0.2, 0) is 14.8 Å². The predicted octanol–water partition coefficient (Wildman–Crippen LogP) is 4.44. The zero-order valence-electron chi connectivity index (χ0n) is 20.1. The highest BCUT2D eigenvalue weighted by Crippen LogP contribution is 2.24. The Morgan fingerprint density at radius 2 is 1.58 bits per heavy atom. The number of hydrogen-bond acceptors (Lipinski definition) is 6. The van der Waals surface area contributed by atoms with Gasteiger partial charge < -0.3 is 14.8 Å². The summed E-state index contributed by atoms with van der Waals surface area (Å²) in [5.74, 6) is 0.255. The number of para-hydroxylation sites is 1. The second kappa shape index (κ2) is 13.0. The zero-order valence-corrected chi connectivity index (χ0v) is 21.8. The fraction of sp³-hybridized carbons (Fsp3) is 0.231. The summed E-state index contributed by atoms with van der Waals surface area (Å²) >= 11 is 5.24. The van der Waals surface area contributed by atoms with Crippen LogP contribution in [0.3, 0.4) is 0 Å². The lowest BCUT2D eigenvalue weighted by Gasteiger charge is -2.23. The molecule has 8 nitrogen and oxygen atoms in total. The van der Waals surface area contributed by atoms with Crippen molar-refractivity contribution in [1.82, 2.24) is 5.32 Å². The van der Waals surface area contributed by atoms with Crippen molar-refractivity contribution < 1.29 is 22.7 Å². The van der Waals surface area contributed by atoms with Gasteiger partial charge in [-0.05, 0) is 86.7 Å². The van der Waals surface area contributed by atoms with E-state index in [9.17, 15) is 13.2 Å². The number of anilines is 2. The van der Waals surface area contributed by atoms with Gasteiger partial charge in [-0.1, -0.05) is 18.2 Å². The fourth-order valence-corrected chi connectivity index (χ4v) is 5.01. The molecule has 0 aromatic heterocycles. The van der Waals surface area contributed by atoms with Gasteiger partial charge in [-0.15, -0.1) is 0 Å². The van der Waals surface area contributed by atoms with Crippen molar-refractivity contribution in [3.63, 3.8) is 0 Å². The van der Waals surface area contributed by atoms with Crippen molar-refractivity contribution in [2.75, 3.05) is 36.0 Å². The molecule has 10 heteroatoms. The van der Waals surface area contributed by atoms with Crippen LogP contribution in [0.5, 0.6) is 5.75 Å². The van der Waals surface area contributed by atoms with Gasteiger partial charge in [0.05, 0.1) is 17.2 Å². The summed E-state index contributed by atoms with van der Waals surface area (Å²) in [4.78, 5) is 12.7. The Balaban J connectivity index is 1.57. The molecule has 0 aliphatic carbocycles. The van der Waals surface area contributed by atoms with E-state index in [2.05, 4.69) is 10.6 Å². The van der Waals surface area contributed by atoms with E-state index in [0.29, 0.717) is 49.1 Å². The maximum absolute atomic E-state index is 13.1. The predicted molar refractivity (Wildman–Crippen MR) is 145 cm³/mol. The molecule has 0 atom stereocenters. The van der Waals surface area contributed by atoms with Gasteiger partial charge in [-0.2, -0.15) is 0 Å². The van der Waals surface area contributed by atoms with Gasteiger partial charge in [0, 0.05) is 24.4 Å². The van der Waals surface area contributed by atoms with Crippen LogP contribution in [0.2, 0.25) is 0 Å². The summed E-state index contributed by atoms with van der Waals surface area (Å²) in [6.07, 6.45) is 0. The first kappa shape index (κ1) is 27.1. The van der Waals surface area contributed by atoms with Crippen LogP contribution in [0, 0.1) is 0 Å². The van der Waals surface area contributed by atoms with Crippen LogP contribution < -0.4 is 19.7 Å². The number of rotatable bonds is 11. The zero-order chi connectivity index (χ0) is 26.0. The first-order valence-corrected chi connectivity index (χ1v) is 13.3. The van der Waals surface area contributed by atoms with E-state index in [4.69, 9.17) is 21.7 Å². The number of carbonyl (C=O) groups is 1. The van der Waals surface area contributed by atoms with Crippen molar-refractivity contribution in [1.29, 1.82) is 0 Å². The van der Waals surface area contributed by atoms with Crippen molar-refractivity contribution >= 4 is 44.6 Å². The second-order valence-electron chi connectivity index (χ2n) is 7.51. The quantitative estimate of drug-likeness (QED) is 0.281. The van der Waals surface area contributed by atoms with Gasteiger partial charge in [-0.3, -0.25) is 14.4 Å². The van der Waals surface area contributed by atoms with Crippen molar-refractivity contribution in [3.05, 3.63) is 84.4 Å². The van der Waals surface area contributed by atoms with Gasteiger partial charge in [-0.25, -0.2) is 8.42 Å². The van der Waals surface area contributed by atoms with Crippen LogP contribution in [0.15, 0.2) is 83.8 Å². The third-order valence-electron chi connectivity index (χ3n) is 5.08.